The van der Waals surface area contributed by atoms with Crippen LogP contribution in [-0.2, 0) is 4.79 Å². The minimum Gasteiger partial charge on any atom is -0.494 e. The summed E-state index contributed by atoms with van der Waals surface area (Å²) in [5.41, 5.74) is 5.25. The molecule has 0 saturated heterocycles. The van der Waals surface area contributed by atoms with E-state index in [1.807, 2.05) is 0 Å². The molecular weight excluding hydrogens is 220 g/mol. The maximum atomic E-state index is 13.4. The van der Waals surface area contributed by atoms with Crippen LogP contribution in [0.2, 0.25) is 0 Å². The Balaban J connectivity index is 3.05. The van der Waals surface area contributed by atoms with Crippen molar-refractivity contribution in [3.05, 3.63) is 29.3 Å². The average Bonchev–Trinajstić information content (AvgIpc) is 2.19. The van der Waals surface area contributed by atoms with Crippen LogP contribution in [0.1, 0.15) is 18.0 Å². The molecule has 1 atom stereocenters. The summed E-state index contributed by atoms with van der Waals surface area (Å²) in [7, 11) is 1.20. The van der Waals surface area contributed by atoms with Gasteiger partial charge in [-0.05, 0) is 6.07 Å². The number of nitrogens with two attached hydrogens (primary N) is 1. The highest BCUT2D eigenvalue weighted by Crippen LogP contribution is 2.25. The highest BCUT2D eigenvalue weighted by Gasteiger charge is 2.18. The Hall–Kier alpha value is -1.69. The van der Waals surface area contributed by atoms with Gasteiger partial charge in [-0.15, -0.1) is 0 Å². The molecule has 1 aromatic carbocycles. The Bertz CT molecular complexity index is 409. The Morgan fingerprint density at radius 1 is 1.50 bits per heavy atom. The zero-order valence-electron chi connectivity index (χ0n) is 8.54. The van der Waals surface area contributed by atoms with Crippen LogP contribution in [0.25, 0.3) is 0 Å². The Kier molecular flexibility index (Phi) is 3.78. The Labute approximate surface area is 90.6 Å². The number of rotatable bonds is 4. The van der Waals surface area contributed by atoms with Crippen molar-refractivity contribution in [3.63, 3.8) is 0 Å². The number of hydrogen-bond donors (Lipinski definition) is 2. The molecule has 3 N–H and O–H groups in total. The van der Waals surface area contributed by atoms with Crippen LogP contribution >= 0.6 is 0 Å². The maximum Gasteiger partial charge on any atom is 0.305 e. The topological polar surface area (TPSA) is 72.5 Å². The molecule has 0 aliphatic heterocycles. The van der Waals surface area contributed by atoms with E-state index in [9.17, 15) is 13.6 Å². The molecule has 1 aromatic rings. The van der Waals surface area contributed by atoms with E-state index < -0.39 is 30.1 Å². The van der Waals surface area contributed by atoms with Crippen molar-refractivity contribution >= 4 is 5.97 Å². The van der Waals surface area contributed by atoms with Gasteiger partial charge < -0.3 is 15.6 Å². The van der Waals surface area contributed by atoms with E-state index in [0.29, 0.717) is 0 Å². The van der Waals surface area contributed by atoms with Crippen LogP contribution in [0.4, 0.5) is 8.78 Å². The molecule has 6 heteroatoms. The summed E-state index contributed by atoms with van der Waals surface area (Å²) in [6.07, 6.45) is -0.470. The summed E-state index contributed by atoms with van der Waals surface area (Å²) in [4.78, 5) is 10.4. The Morgan fingerprint density at radius 2 is 2.12 bits per heavy atom. The molecule has 0 aliphatic rings. The van der Waals surface area contributed by atoms with Crippen molar-refractivity contribution in [2.75, 3.05) is 7.11 Å². The molecule has 0 bridgehead atoms. The molecular formula is C10H11F2NO3. The number of aliphatic carboxylic acids is 1. The molecule has 0 aromatic heterocycles. The van der Waals surface area contributed by atoms with E-state index in [0.717, 1.165) is 12.1 Å². The number of halogens is 2. The van der Waals surface area contributed by atoms with Crippen molar-refractivity contribution in [2.24, 2.45) is 5.73 Å². The van der Waals surface area contributed by atoms with E-state index in [-0.39, 0.29) is 11.3 Å². The molecule has 4 nitrogen and oxygen atoms in total. The van der Waals surface area contributed by atoms with Crippen LogP contribution < -0.4 is 10.5 Å². The molecule has 0 heterocycles. The summed E-state index contributed by atoms with van der Waals surface area (Å²) in [6.45, 7) is 0. The van der Waals surface area contributed by atoms with Crippen molar-refractivity contribution < 1.29 is 23.4 Å². The molecule has 0 saturated carbocycles. The average molecular weight is 231 g/mol. The number of carboxylic acids is 1. The van der Waals surface area contributed by atoms with Gasteiger partial charge in [-0.1, -0.05) is 0 Å². The third-order valence-corrected chi connectivity index (χ3v) is 2.07. The maximum absolute atomic E-state index is 13.4. The summed E-state index contributed by atoms with van der Waals surface area (Å²) in [5, 5.41) is 8.49. The summed E-state index contributed by atoms with van der Waals surface area (Å²) in [5.74, 6) is -2.99. The first-order chi connectivity index (χ1) is 7.45. The number of carboxylic acid groups (broad SMARTS) is 1. The quantitative estimate of drug-likeness (QED) is 0.822. The molecule has 16 heavy (non-hydrogen) atoms. The highest BCUT2D eigenvalue weighted by atomic mass is 19.1. The van der Waals surface area contributed by atoms with Crippen molar-refractivity contribution in [1.82, 2.24) is 0 Å². The lowest BCUT2D eigenvalue weighted by molar-refractivity contribution is -0.137. The number of benzene rings is 1. The largest absolute Gasteiger partial charge is 0.494 e. The second kappa shape index (κ2) is 4.89. The molecule has 0 radical (unpaired) electrons. The van der Waals surface area contributed by atoms with Crippen LogP contribution in [0.15, 0.2) is 12.1 Å². The first-order valence-corrected chi connectivity index (χ1v) is 4.46. The van der Waals surface area contributed by atoms with Gasteiger partial charge in [-0.25, -0.2) is 8.78 Å². The number of methoxy groups -OCH3 is 1. The van der Waals surface area contributed by atoms with Crippen molar-refractivity contribution in [2.45, 2.75) is 12.5 Å². The normalized spacial score (nSPS) is 12.2. The number of hydrogen-bond acceptors (Lipinski definition) is 3. The summed E-state index contributed by atoms with van der Waals surface area (Å²) >= 11 is 0. The Morgan fingerprint density at radius 3 is 2.62 bits per heavy atom. The lowest BCUT2D eigenvalue weighted by atomic mass is 10.0. The van der Waals surface area contributed by atoms with Crippen molar-refractivity contribution in [3.8, 4) is 5.75 Å². The monoisotopic (exact) mass is 231 g/mol. The second-order valence-corrected chi connectivity index (χ2v) is 3.21. The highest BCUT2D eigenvalue weighted by molar-refractivity contribution is 5.67. The van der Waals surface area contributed by atoms with Gasteiger partial charge >= 0.3 is 5.97 Å². The fraction of sp³-hybridized carbons (Fsp3) is 0.300. The first-order valence-electron chi connectivity index (χ1n) is 4.46. The predicted molar refractivity (Wildman–Crippen MR) is 52.1 cm³/mol. The minimum atomic E-state index is -1.18. The van der Waals surface area contributed by atoms with Crippen LogP contribution in [-0.4, -0.2) is 18.2 Å². The second-order valence-electron chi connectivity index (χ2n) is 3.21. The van der Waals surface area contributed by atoms with Crippen LogP contribution in [0, 0.1) is 11.6 Å². The van der Waals surface area contributed by atoms with Gasteiger partial charge in [0.25, 0.3) is 0 Å². The van der Waals surface area contributed by atoms with Crippen molar-refractivity contribution in [1.29, 1.82) is 0 Å². The van der Waals surface area contributed by atoms with Gasteiger partial charge in [0.2, 0.25) is 0 Å². The molecule has 0 aliphatic carbocycles. The first kappa shape index (κ1) is 12.4. The molecule has 0 amide bonds. The fourth-order valence-corrected chi connectivity index (χ4v) is 1.28. The van der Waals surface area contributed by atoms with Crippen LogP contribution in [0.3, 0.4) is 0 Å². The number of carbonyl (C=O) groups is 1. The van der Waals surface area contributed by atoms with E-state index in [4.69, 9.17) is 10.8 Å². The smallest absolute Gasteiger partial charge is 0.305 e. The lowest BCUT2D eigenvalue weighted by Crippen LogP contribution is -2.16. The zero-order valence-corrected chi connectivity index (χ0v) is 8.54. The van der Waals surface area contributed by atoms with Gasteiger partial charge in [0.1, 0.15) is 5.82 Å². The lowest BCUT2D eigenvalue weighted by Gasteiger charge is -2.12. The van der Waals surface area contributed by atoms with Gasteiger partial charge in [0, 0.05) is 17.7 Å². The van der Waals surface area contributed by atoms with Crippen LogP contribution in [0.5, 0.6) is 5.75 Å². The fourth-order valence-electron chi connectivity index (χ4n) is 1.28. The van der Waals surface area contributed by atoms with E-state index in [1.54, 1.807) is 0 Å². The number of ether oxygens (including phenoxy) is 1. The molecule has 0 spiro atoms. The molecule has 0 fully saturated rings. The van der Waals surface area contributed by atoms with E-state index >= 15 is 0 Å². The van der Waals surface area contributed by atoms with E-state index in [2.05, 4.69) is 4.74 Å². The zero-order chi connectivity index (χ0) is 12.3. The van der Waals surface area contributed by atoms with Gasteiger partial charge in [-0.3, -0.25) is 4.79 Å². The molecule has 88 valence electrons. The predicted octanol–water partition coefficient (Wildman–Crippen LogP) is 1.45. The summed E-state index contributed by atoms with van der Waals surface area (Å²) in [6, 6.07) is 0.603. The molecule has 0 unspecified atom stereocenters. The third kappa shape index (κ3) is 2.66. The standard InChI is InChI=1S/C10H11F2NO3/c1-16-9-3-6(11)5(2-7(9)12)8(13)4-10(14)15/h2-3,8H,4,13H2,1H3,(H,14,15)/t8-/m0/s1. The third-order valence-electron chi connectivity index (χ3n) is 2.07. The SMILES string of the molecule is COc1cc(F)c([C@@H](N)CC(=O)O)cc1F. The van der Waals surface area contributed by atoms with Gasteiger partial charge in [-0.2, -0.15) is 0 Å². The minimum absolute atomic E-state index is 0.180. The summed E-state index contributed by atoms with van der Waals surface area (Å²) < 4.78 is 31.2. The van der Waals surface area contributed by atoms with E-state index in [1.165, 1.54) is 7.11 Å². The molecule has 1 rings (SSSR count). The van der Waals surface area contributed by atoms with Gasteiger partial charge in [0.15, 0.2) is 11.6 Å². The van der Waals surface area contributed by atoms with Gasteiger partial charge in [0.05, 0.1) is 13.5 Å².